The fraction of sp³-hybridized carbons (Fsp3) is 0.0769. The van der Waals surface area contributed by atoms with E-state index in [9.17, 15) is 8.78 Å². The van der Waals surface area contributed by atoms with E-state index in [1.54, 1.807) is 0 Å². The molecular weight excluding hydrogens is 368 g/mol. The molecule has 0 heterocycles. The molecule has 0 aliphatic heterocycles. The highest BCUT2D eigenvalue weighted by Crippen LogP contribution is 2.25. The van der Waals surface area contributed by atoms with Crippen LogP contribution in [-0.2, 0) is 6.54 Å². The van der Waals surface area contributed by atoms with E-state index in [1.807, 2.05) is 24.3 Å². The second-order valence-corrected chi connectivity index (χ2v) is 5.46. The molecule has 94 valence electrons. The zero-order valence-corrected chi connectivity index (χ0v) is 12.4. The first kappa shape index (κ1) is 13.5. The van der Waals surface area contributed by atoms with Gasteiger partial charge in [0.15, 0.2) is 0 Å². The van der Waals surface area contributed by atoms with Gasteiger partial charge >= 0.3 is 0 Å². The van der Waals surface area contributed by atoms with Crippen LogP contribution >= 0.6 is 31.9 Å². The lowest BCUT2D eigenvalue weighted by molar-refractivity contribution is 0.586. The summed E-state index contributed by atoms with van der Waals surface area (Å²) in [6, 6.07) is 9.97. The van der Waals surface area contributed by atoms with Crippen LogP contribution in [0.25, 0.3) is 0 Å². The number of halogens is 4. The maximum absolute atomic E-state index is 13.6. The van der Waals surface area contributed by atoms with Crippen molar-refractivity contribution in [3.05, 3.63) is 62.5 Å². The van der Waals surface area contributed by atoms with Crippen molar-refractivity contribution in [2.24, 2.45) is 0 Å². The fourth-order valence-electron chi connectivity index (χ4n) is 1.54. The molecule has 0 aliphatic carbocycles. The zero-order valence-electron chi connectivity index (χ0n) is 9.18. The van der Waals surface area contributed by atoms with Gasteiger partial charge in [0.05, 0.1) is 0 Å². The van der Waals surface area contributed by atoms with Gasteiger partial charge < -0.3 is 5.32 Å². The Morgan fingerprint density at radius 3 is 2.22 bits per heavy atom. The molecule has 0 spiro atoms. The first-order chi connectivity index (χ1) is 8.58. The number of hydrogen-bond acceptors (Lipinski definition) is 1. The minimum Gasteiger partial charge on any atom is -0.376 e. The molecule has 2 aromatic rings. The summed E-state index contributed by atoms with van der Waals surface area (Å²) in [5.41, 5.74) is 0.813. The molecule has 0 bridgehead atoms. The molecule has 5 heteroatoms. The second kappa shape index (κ2) is 5.80. The zero-order chi connectivity index (χ0) is 13.1. The number of benzene rings is 2. The predicted octanol–water partition coefficient (Wildman–Crippen LogP) is 5.10. The van der Waals surface area contributed by atoms with Crippen LogP contribution < -0.4 is 5.32 Å². The second-order valence-electron chi connectivity index (χ2n) is 3.69. The molecule has 1 N–H and O–H groups in total. The fourth-order valence-corrected chi connectivity index (χ4v) is 2.36. The molecular formula is C13H9Br2F2N. The van der Waals surface area contributed by atoms with Crippen molar-refractivity contribution in [1.29, 1.82) is 0 Å². The molecule has 1 nitrogen and oxygen atoms in total. The van der Waals surface area contributed by atoms with Gasteiger partial charge in [0, 0.05) is 15.5 Å². The maximum atomic E-state index is 13.6. The topological polar surface area (TPSA) is 12.0 Å². The predicted molar refractivity (Wildman–Crippen MR) is 75.5 cm³/mol. The van der Waals surface area contributed by atoms with Gasteiger partial charge in [-0.25, -0.2) is 8.78 Å². The van der Waals surface area contributed by atoms with Crippen LogP contribution in [0, 0.1) is 11.6 Å². The average Bonchev–Trinajstić information content (AvgIpc) is 2.30. The van der Waals surface area contributed by atoms with Crippen LogP contribution in [0.15, 0.2) is 45.3 Å². The van der Waals surface area contributed by atoms with E-state index in [0.717, 1.165) is 10.0 Å². The number of nitrogens with one attached hydrogen (secondary N) is 1. The molecule has 0 aromatic heterocycles. The Hall–Kier alpha value is -0.940. The first-order valence-electron chi connectivity index (χ1n) is 5.20. The SMILES string of the molecule is Fc1cc(Br)cc(F)c1NCc1ccccc1Br. The highest BCUT2D eigenvalue weighted by atomic mass is 79.9. The third-order valence-corrected chi connectivity index (χ3v) is 3.65. The van der Waals surface area contributed by atoms with Gasteiger partial charge in [0.1, 0.15) is 17.3 Å². The molecule has 0 saturated carbocycles. The van der Waals surface area contributed by atoms with Gasteiger partial charge in [-0.15, -0.1) is 0 Å². The van der Waals surface area contributed by atoms with E-state index < -0.39 is 11.6 Å². The Kier molecular flexibility index (Phi) is 4.35. The van der Waals surface area contributed by atoms with Crippen molar-refractivity contribution in [3.8, 4) is 0 Å². The molecule has 2 aromatic carbocycles. The molecule has 0 amide bonds. The minimum absolute atomic E-state index is 0.117. The number of anilines is 1. The van der Waals surface area contributed by atoms with Gasteiger partial charge in [-0.05, 0) is 23.8 Å². The summed E-state index contributed by atoms with van der Waals surface area (Å²) in [6.45, 7) is 0.344. The highest BCUT2D eigenvalue weighted by Gasteiger charge is 2.10. The van der Waals surface area contributed by atoms with Crippen LogP contribution in [-0.4, -0.2) is 0 Å². The van der Waals surface area contributed by atoms with E-state index in [1.165, 1.54) is 12.1 Å². The van der Waals surface area contributed by atoms with Crippen molar-refractivity contribution in [1.82, 2.24) is 0 Å². The largest absolute Gasteiger partial charge is 0.376 e. The average molecular weight is 377 g/mol. The standard InChI is InChI=1S/C13H9Br2F2N/c14-9-5-11(16)13(12(17)6-9)18-7-8-3-1-2-4-10(8)15/h1-6,18H,7H2. The van der Waals surface area contributed by atoms with E-state index in [0.29, 0.717) is 11.0 Å². The van der Waals surface area contributed by atoms with Crippen molar-refractivity contribution < 1.29 is 8.78 Å². The van der Waals surface area contributed by atoms with Gasteiger partial charge in [0.2, 0.25) is 0 Å². The molecule has 18 heavy (non-hydrogen) atoms. The Morgan fingerprint density at radius 2 is 1.61 bits per heavy atom. The van der Waals surface area contributed by atoms with Crippen molar-refractivity contribution >= 4 is 37.5 Å². The summed E-state index contributed by atoms with van der Waals surface area (Å²) < 4.78 is 28.4. The van der Waals surface area contributed by atoms with E-state index in [4.69, 9.17) is 0 Å². The van der Waals surface area contributed by atoms with Crippen LogP contribution in [0.3, 0.4) is 0 Å². The van der Waals surface area contributed by atoms with Crippen LogP contribution in [0.5, 0.6) is 0 Å². The Labute approximate surface area is 120 Å². The highest BCUT2D eigenvalue weighted by molar-refractivity contribution is 9.10. The summed E-state index contributed by atoms with van der Waals surface area (Å²) in [6.07, 6.45) is 0. The maximum Gasteiger partial charge on any atom is 0.150 e. The third-order valence-electron chi connectivity index (χ3n) is 2.42. The summed E-state index contributed by atoms with van der Waals surface area (Å²) in [5.74, 6) is -1.23. The third kappa shape index (κ3) is 3.09. The van der Waals surface area contributed by atoms with Gasteiger partial charge in [-0.3, -0.25) is 0 Å². The molecule has 0 atom stereocenters. The van der Waals surface area contributed by atoms with Gasteiger partial charge in [0.25, 0.3) is 0 Å². The van der Waals surface area contributed by atoms with E-state index in [2.05, 4.69) is 37.2 Å². The monoisotopic (exact) mass is 375 g/mol. The molecule has 0 unspecified atom stereocenters. The van der Waals surface area contributed by atoms with Crippen LogP contribution in [0.1, 0.15) is 5.56 Å². The van der Waals surface area contributed by atoms with Crippen molar-refractivity contribution in [2.75, 3.05) is 5.32 Å². The molecule has 0 fully saturated rings. The number of hydrogen-bond donors (Lipinski definition) is 1. The van der Waals surface area contributed by atoms with Crippen molar-refractivity contribution in [2.45, 2.75) is 6.54 Å². The van der Waals surface area contributed by atoms with Crippen LogP contribution in [0.2, 0.25) is 0 Å². The molecule has 2 rings (SSSR count). The minimum atomic E-state index is -0.617. The Morgan fingerprint density at radius 1 is 1.00 bits per heavy atom. The lowest BCUT2D eigenvalue weighted by Crippen LogP contribution is -2.04. The summed E-state index contributed by atoms with van der Waals surface area (Å²) >= 11 is 6.42. The van der Waals surface area contributed by atoms with E-state index in [-0.39, 0.29) is 5.69 Å². The molecule has 0 saturated heterocycles. The van der Waals surface area contributed by atoms with E-state index >= 15 is 0 Å². The normalized spacial score (nSPS) is 10.4. The molecule has 0 aliphatic rings. The lowest BCUT2D eigenvalue weighted by atomic mass is 10.2. The van der Waals surface area contributed by atoms with Gasteiger partial charge in [-0.1, -0.05) is 50.1 Å². The van der Waals surface area contributed by atoms with Crippen molar-refractivity contribution in [3.63, 3.8) is 0 Å². The lowest BCUT2D eigenvalue weighted by Gasteiger charge is -2.10. The Bertz CT molecular complexity index is 550. The van der Waals surface area contributed by atoms with Crippen LogP contribution in [0.4, 0.5) is 14.5 Å². The smallest absolute Gasteiger partial charge is 0.150 e. The summed E-state index contributed by atoms with van der Waals surface area (Å²) in [7, 11) is 0. The van der Waals surface area contributed by atoms with Gasteiger partial charge in [-0.2, -0.15) is 0 Å². The summed E-state index contributed by atoms with van der Waals surface area (Å²) in [5, 5.41) is 2.76. The molecule has 0 radical (unpaired) electrons. The Balaban J connectivity index is 2.19. The number of rotatable bonds is 3. The summed E-state index contributed by atoms with van der Waals surface area (Å²) in [4.78, 5) is 0. The quantitative estimate of drug-likeness (QED) is 0.785. The first-order valence-corrected chi connectivity index (χ1v) is 6.78.